The molecule has 0 aliphatic carbocycles. The largest absolute Gasteiger partial charge is 0.490 e. The van der Waals surface area contributed by atoms with Gasteiger partial charge < -0.3 is 9.64 Å². The number of halogens is 1. The van der Waals surface area contributed by atoms with Gasteiger partial charge >= 0.3 is 0 Å². The van der Waals surface area contributed by atoms with Crippen LogP contribution in [0.3, 0.4) is 0 Å². The van der Waals surface area contributed by atoms with Crippen LogP contribution in [0.25, 0.3) is 22.4 Å². The molecule has 0 fully saturated rings. The van der Waals surface area contributed by atoms with Gasteiger partial charge in [-0.05, 0) is 42.8 Å². The van der Waals surface area contributed by atoms with E-state index >= 15 is 0 Å². The van der Waals surface area contributed by atoms with E-state index in [1.807, 2.05) is 44.4 Å². The number of methoxy groups -OCH3 is 1. The summed E-state index contributed by atoms with van der Waals surface area (Å²) in [5, 5.41) is 1.11. The van der Waals surface area contributed by atoms with Crippen molar-refractivity contribution in [3.05, 3.63) is 52.8 Å². The summed E-state index contributed by atoms with van der Waals surface area (Å²) in [4.78, 5) is 1.77. The molecule has 0 saturated carbocycles. The summed E-state index contributed by atoms with van der Waals surface area (Å²) in [6.07, 6.45) is 3.99. The molecule has 3 nitrogen and oxygen atoms in total. The number of thiazole rings is 1. The molecule has 1 heterocycles. The Morgan fingerprint density at radius 2 is 2.00 bits per heavy atom. The first-order valence-corrected chi connectivity index (χ1v) is 9.01. The van der Waals surface area contributed by atoms with E-state index in [1.54, 1.807) is 35.5 Å². The zero-order valence-corrected chi connectivity index (χ0v) is 15.7. The predicted octanol–water partition coefficient (Wildman–Crippen LogP) is 4.59. The Kier molecular flexibility index (Phi) is 5.04. The van der Waals surface area contributed by atoms with Crippen LogP contribution in [-0.2, 0) is 6.54 Å². The fourth-order valence-corrected chi connectivity index (χ4v) is 4.03. The average Bonchev–Trinajstić information content (AvgIpc) is 2.97. The van der Waals surface area contributed by atoms with Crippen LogP contribution in [0.5, 0.6) is 5.75 Å². The lowest BCUT2D eigenvalue weighted by Crippen LogP contribution is -2.33. The van der Waals surface area contributed by atoms with Crippen LogP contribution >= 0.6 is 11.3 Å². The molecule has 0 amide bonds. The second kappa shape index (κ2) is 7.23. The lowest BCUT2D eigenvalue weighted by molar-refractivity contribution is -0.665. The fourth-order valence-electron chi connectivity index (χ4n) is 2.89. The topological polar surface area (TPSA) is 16.4 Å². The summed E-state index contributed by atoms with van der Waals surface area (Å²) in [5.74, 6) is 0.658. The van der Waals surface area contributed by atoms with E-state index in [-0.39, 0.29) is 5.82 Å². The van der Waals surface area contributed by atoms with Crippen LogP contribution in [0.15, 0.2) is 36.4 Å². The highest BCUT2D eigenvalue weighted by Crippen LogP contribution is 2.29. The Labute approximate surface area is 151 Å². The number of ether oxygens (including phenoxy) is 1. The third-order valence-electron chi connectivity index (χ3n) is 4.12. The van der Waals surface area contributed by atoms with Gasteiger partial charge in [0.05, 0.1) is 12.8 Å². The van der Waals surface area contributed by atoms with Crippen molar-refractivity contribution in [2.45, 2.75) is 13.5 Å². The second-order valence-corrected chi connectivity index (χ2v) is 6.99. The zero-order valence-electron chi connectivity index (χ0n) is 14.9. The molecule has 3 aromatic rings. The monoisotopic (exact) mass is 357 g/mol. The van der Waals surface area contributed by atoms with Gasteiger partial charge in [0.25, 0.3) is 10.5 Å². The maximum atomic E-state index is 14.1. The van der Waals surface area contributed by atoms with Gasteiger partial charge in [0.15, 0.2) is 5.75 Å². The summed E-state index contributed by atoms with van der Waals surface area (Å²) >= 11 is 1.70. The van der Waals surface area contributed by atoms with E-state index in [0.29, 0.717) is 5.69 Å². The third kappa shape index (κ3) is 3.37. The minimum absolute atomic E-state index is 0.214. The van der Waals surface area contributed by atoms with Gasteiger partial charge in [-0.3, -0.25) is 0 Å². The van der Waals surface area contributed by atoms with E-state index < -0.39 is 0 Å². The third-order valence-corrected chi connectivity index (χ3v) is 5.24. The number of hydrogen-bond donors (Lipinski definition) is 0. The highest BCUT2D eigenvalue weighted by atomic mass is 32.1. The molecule has 0 N–H and O–H groups in total. The summed E-state index contributed by atoms with van der Waals surface area (Å²) in [6, 6.07) is 11.4. The van der Waals surface area contributed by atoms with Crippen LogP contribution in [0.4, 0.5) is 10.1 Å². The molecule has 0 atom stereocenters. The molecule has 0 unspecified atom stereocenters. The van der Waals surface area contributed by atoms with Crippen molar-refractivity contribution in [1.29, 1.82) is 0 Å². The maximum Gasteiger partial charge on any atom is 0.266 e. The number of aromatic nitrogens is 1. The van der Waals surface area contributed by atoms with Crippen molar-refractivity contribution in [3.8, 4) is 5.75 Å². The van der Waals surface area contributed by atoms with Crippen molar-refractivity contribution in [2.75, 3.05) is 26.1 Å². The summed E-state index contributed by atoms with van der Waals surface area (Å²) in [6.45, 7) is 2.95. The Bertz CT molecular complexity index is 931. The fraction of sp³-hybridized carbons (Fsp3) is 0.250. The number of para-hydroxylation sites is 1. The van der Waals surface area contributed by atoms with Crippen molar-refractivity contribution in [2.24, 2.45) is 0 Å². The normalized spacial score (nSPS) is 11.4. The second-order valence-electron chi connectivity index (χ2n) is 5.93. The Hall–Kier alpha value is -2.40. The molecular weight excluding hydrogens is 335 g/mol. The molecular formula is C20H22FN2OS+. The van der Waals surface area contributed by atoms with Gasteiger partial charge in [0.1, 0.15) is 17.1 Å². The van der Waals surface area contributed by atoms with Crippen molar-refractivity contribution in [3.63, 3.8) is 0 Å². The van der Waals surface area contributed by atoms with Crippen molar-refractivity contribution >= 4 is 39.4 Å². The Morgan fingerprint density at radius 1 is 1.20 bits per heavy atom. The van der Waals surface area contributed by atoms with Crippen molar-refractivity contribution < 1.29 is 13.7 Å². The van der Waals surface area contributed by atoms with Gasteiger partial charge in [0, 0.05) is 20.2 Å². The highest BCUT2D eigenvalue weighted by Gasteiger charge is 2.21. The molecule has 2 aromatic carbocycles. The molecule has 130 valence electrons. The summed E-state index contributed by atoms with van der Waals surface area (Å²) < 4.78 is 23.0. The first-order chi connectivity index (χ1) is 12.0. The maximum absolute atomic E-state index is 14.1. The SMILES string of the molecule is CC[n+]1c(/C=C/c2ccc(N(C)C)c(F)c2)sc2cccc(OC)c21. The minimum atomic E-state index is -0.214. The molecule has 1 aromatic heterocycles. The molecule has 0 saturated heterocycles. The standard InChI is InChI=1S/C20H22FN2OS/c1-5-23-19(25-18-8-6-7-17(24-4)20(18)23)12-10-14-9-11-16(22(2)3)15(21)13-14/h6-13H,5H2,1-4H3/q+1. The van der Waals surface area contributed by atoms with Gasteiger partial charge in [-0.15, -0.1) is 0 Å². The first-order valence-electron chi connectivity index (χ1n) is 8.19. The molecule has 5 heteroatoms. The summed E-state index contributed by atoms with van der Waals surface area (Å²) in [7, 11) is 5.36. The molecule has 25 heavy (non-hydrogen) atoms. The van der Waals surface area contributed by atoms with Crippen LogP contribution < -0.4 is 14.2 Å². The number of rotatable bonds is 5. The number of anilines is 1. The molecule has 0 spiro atoms. The van der Waals surface area contributed by atoms with Crippen LogP contribution in [0, 0.1) is 5.82 Å². The lowest BCUT2D eigenvalue weighted by Gasteiger charge is -2.13. The van der Waals surface area contributed by atoms with E-state index in [0.717, 1.165) is 28.4 Å². The van der Waals surface area contributed by atoms with Gasteiger partial charge in [-0.1, -0.05) is 23.5 Å². The van der Waals surface area contributed by atoms with Gasteiger partial charge in [0.2, 0.25) is 0 Å². The van der Waals surface area contributed by atoms with Gasteiger partial charge in [-0.25, -0.2) is 4.39 Å². The molecule has 0 aliphatic rings. The zero-order chi connectivity index (χ0) is 18.0. The smallest absolute Gasteiger partial charge is 0.266 e. The number of hydrogen-bond acceptors (Lipinski definition) is 3. The van der Waals surface area contributed by atoms with Crippen LogP contribution in [0.2, 0.25) is 0 Å². The predicted molar refractivity (Wildman–Crippen MR) is 104 cm³/mol. The van der Waals surface area contributed by atoms with E-state index in [9.17, 15) is 4.39 Å². The molecule has 0 radical (unpaired) electrons. The first kappa shape index (κ1) is 17.4. The number of fused-ring (bicyclic) bond motifs is 1. The quantitative estimate of drug-likeness (QED) is 0.621. The van der Waals surface area contributed by atoms with Gasteiger partial charge in [-0.2, -0.15) is 4.57 Å². The average molecular weight is 357 g/mol. The lowest BCUT2D eigenvalue weighted by atomic mass is 10.1. The van der Waals surface area contributed by atoms with E-state index in [4.69, 9.17) is 4.74 Å². The van der Waals surface area contributed by atoms with Crippen LogP contribution in [-0.4, -0.2) is 21.2 Å². The molecule has 3 rings (SSSR count). The summed E-state index contributed by atoms with van der Waals surface area (Å²) in [5.41, 5.74) is 2.54. The molecule has 0 aliphatic heterocycles. The van der Waals surface area contributed by atoms with Crippen molar-refractivity contribution in [1.82, 2.24) is 0 Å². The Balaban J connectivity index is 2.00. The Morgan fingerprint density at radius 3 is 2.64 bits per heavy atom. The van der Waals surface area contributed by atoms with E-state index in [2.05, 4.69) is 17.6 Å². The van der Waals surface area contributed by atoms with E-state index in [1.165, 1.54) is 4.70 Å². The van der Waals surface area contributed by atoms with Crippen LogP contribution in [0.1, 0.15) is 17.5 Å². The number of nitrogens with zero attached hydrogens (tertiary/aromatic N) is 2. The minimum Gasteiger partial charge on any atom is -0.490 e. The number of benzene rings is 2. The molecule has 0 bridgehead atoms. The highest BCUT2D eigenvalue weighted by molar-refractivity contribution is 7.19. The number of aryl methyl sites for hydroxylation is 1.